The van der Waals surface area contributed by atoms with Gasteiger partial charge in [-0.05, 0) is 69.6 Å². The summed E-state index contributed by atoms with van der Waals surface area (Å²) in [7, 11) is 0. The maximum absolute atomic E-state index is 13.7. The number of hydrogen-bond donors (Lipinski definition) is 5. The Labute approximate surface area is 246 Å². The quantitative estimate of drug-likeness (QED) is 0.252. The lowest BCUT2D eigenvalue weighted by molar-refractivity contribution is -0.134. The number of halogens is 1. The second kappa shape index (κ2) is 13.9. The molecular formula is C30H43ClN4O6. The van der Waals surface area contributed by atoms with E-state index >= 15 is 0 Å². The van der Waals surface area contributed by atoms with Crippen molar-refractivity contribution < 1.29 is 29.0 Å². The molecule has 1 aromatic carbocycles. The molecule has 5 N–H and O–H groups in total. The van der Waals surface area contributed by atoms with E-state index in [0.717, 1.165) is 44.9 Å². The van der Waals surface area contributed by atoms with Crippen LogP contribution in [-0.4, -0.2) is 58.7 Å². The zero-order chi connectivity index (χ0) is 29.6. The van der Waals surface area contributed by atoms with E-state index in [2.05, 4.69) is 21.3 Å². The number of ether oxygens (including phenoxy) is 1. The molecule has 10 nitrogen and oxygen atoms in total. The fourth-order valence-electron chi connectivity index (χ4n) is 5.89. The zero-order valence-corrected chi connectivity index (χ0v) is 24.7. The summed E-state index contributed by atoms with van der Waals surface area (Å²) in [5, 5.41) is 22.8. The number of amides is 4. The van der Waals surface area contributed by atoms with Gasteiger partial charge in [-0.1, -0.05) is 55.8 Å². The van der Waals surface area contributed by atoms with Crippen LogP contribution in [0.15, 0.2) is 24.3 Å². The molecule has 1 heterocycles. The van der Waals surface area contributed by atoms with Gasteiger partial charge in [-0.25, -0.2) is 4.79 Å². The summed E-state index contributed by atoms with van der Waals surface area (Å²) in [6, 6.07) is 5.04. The van der Waals surface area contributed by atoms with Gasteiger partial charge in [0.05, 0.1) is 6.04 Å². The number of aliphatic hydroxyl groups is 1. The van der Waals surface area contributed by atoms with Crippen LogP contribution < -0.4 is 21.3 Å². The van der Waals surface area contributed by atoms with E-state index in [9.17, 15) is 24.3 Å². The van der Waals surface area contributed by atoms with Gasteiger partial charge in [0.2, 0.25) is 11.8 Å². The summed E-state index contributed by atoms with van der Waals surface area (Å²) in [6.07, 6.45) is 5.59. The molecular weight excluding hydrogens is 548 g/mol. The third-order valence-electron chi connectivity index (χ3n) is 8.19. The molecule has 2 saturated carbocycles. The molecule has 4 atom stereocenters. The van der Waals surface area contributed by atoms with E-state index < -0.39 is 47.6 Å². The summed E-state index contributed by atoms with van der Waals surface area (Å²) in [4.78, 5) is 51.9. The van der Waals surface area contributed by atoms with Crippen LogP contribution in [0.1, 0.15) is 83.6 Å². The highest BCUT2D eigenvalue weighted by Crippen LogP contribution is 2.30. The van der Waals surface area contributed by atoms with Gasteiger partial charge in [0.15, 0.2) is 6.10 Å². The Bertz CT molecular complexity index is 1100. The summed E-state index contributed by atoms with van der Waals surface area (Å²) >= 11 is 6.02. The molecule has 4 amide bonds. The lowest BCUT2D eigenvalue weighted by Crippen LogP contribution is -2.56. The van der Waals surface area contributed by atoms with Crippen molar-refractivity contribution in [3.8, 4) is 0 Å². The molecule has 4 unspecified atom stereocenters. The minimum atomic E-state index is -1.54. The average molecular weight is 591 g/mol. The van der Waals surface area contributed by atoms with Gasteiger partial charge in [-0.3, -0.25) is 14.4 Å². The zero-order valence-electron chi connectivity index (χ0n) is 23.9. The highest BCUT2D eigenvalue weighted by molar-refractivity contribution is 6.30. The van der Waals surface area contributed by atoms with Gasteiger partial charge in [-0.2, -0.15) is 0 Å². The van der Waals surface area contributed by atoms with Crippen molar-refractivity contribution in [1.82, 2.24) is 21.3 Å². The lowest BCUT2D eigenvalue weighted by atomic mass is 9.84. The van der Waals surface area contributed by atoms with Gasteiger partial charge in [0.1, 0.15) is 12.6 Å². The Morgan fingerprint density at radius 1 is 1.07 bits per heavy atom. The van der Waals surface area contributed by atoms with Gasteiger partial charge >= 0.3 is 6.09 Å². The van der Waals surface area contributed by atoms with Crippen LogP contribution in [0.4, 0.5) is 4.79 Å². The highest BCUT2D eigenvalue weighted by atomic mass is 35.5. The van der Waals surface area contributed by atoms with Crippen molar-refractivity contribution in [2.75, 3.05) is 0 Å². The predicted molar refractivity (Wildman–Crippen MR) is 154 cm³/mol. The predicted octanol–water partition coefficient (Wildman–Crippen LogP) is 3.33. The van der Waals surface area contributed by atoms with Crippen LogP contribution in [0.5, 0.6) is 0 Å². The van der Waals surface area contributed by atoms with Crippen molar-refractivity contribution in [2.45, 2.75) is 114 Å². The minimum absolute atomic E-state index is 0.0145. The highest BCUT2D eigenvalue weighted by Gasteiger charge is 2.42. The maximum Gasteiger partial charge on any atom is 0.408 e. The van der Waals surface area contributed by atoms with Crippen LogP contribution >= 0.6 is 11.6 Å². The van der Waals surface area contributed by atoms with Gasteiger partial charge in [0.25, 0.3) is 5.91 Å². The smallest absolute Gasteiger partial charge is 0.408 e. The maximum atomic E-state index is 13.7. The number of nitrogens with one attached hydrogen (secondary N) is 4. The number of benzene rings is 1. The topological polar surface area (TPSA) is 146 Å². The molecule has 3 fully saturated rings. The number of carbonyl (C=O) groups is 4. The van der Waals surface area contributed by atoms with Crippen LogP contribution in [0.3, 0.4) is 0 Å². The van der Waals surface area contributed by atoms with Crippen molar-refractivity contribution in [3.05, 3.63) is 34.9 Å². The summed E-state index contributed by atoms with van der Waals surface area (Å²) in [5.74, 6) is -1.50. The van der Waals surface area contributed by atoms with E-state index in [-0.39, 0.29) is 30.9 Å². The molecule has 1 saturated heterocycles. The first-order chi connectivity index (χ1) is 19.5. The van der Waals surface area contributed by atoms with E-state index in [1.807, 2.05) is 13.8 Å². The standard InChI is InChI=1S/C30H43ClN4O6/c1-30(2)16-20(26(37)35-30)15-23(25(36)28(39)32-22-11-12-22)33-27(38)24(14-18-7-4-3-5-8-18)34-29(40)41-17-19-9-6-10-21(31)13-19/h6,9-10,13,18,20,22-25,36H,3-5,7-8,11-12,14-17H2,1-2H3,(H,32,39)(H,33,38)(H,34,40)(H,35,37). The molecule has 0 spiro atoms. The third-order valence-corrected chi connectivity index (χ3v) is 8.43. The van der Waals surface area contributed by atoms with E-state index in [4.69, 9.17) is 16.3 Å². The number of alkyl carbamates (subject to hydrolysis) is 1. The van der Waals surface area contributed by atoms with Crippen LogP contribution in [0, 0.1) is 11.8 Å². The fraction of sp³-hybridized carbons (Fsp3) is 0.667. The number of carbonyl (C=O) groups excluding carboxylic acids is 4. The second-order valence-electron chi connectivity index (χ2n) is 12.5. The molecule has 0 radical (unpaired) electrons. The molecule has 3 aliphatic rings. The van der Waals surface area contributed by atoms with Gasteiger partial charge in [-0.15, -0.1) is 0 Å². The van der Waals surface area contributed by atoms with Crippen LogP contribution in [0.2, 0.25) is 5.02 Å². The molecule has 2 aliphatic carbocycles. The van der Waals surface area contributed by atoms with Crippen molar-refractivity contribution in [2.24, 2.45) is 11.8 Å². The summed E-state index contributed by atoms with van der Waals surface area (Å²) < 4.78 is 5.38. The molecule has 4 rings (SSSR count). The Morgan fingerprint density at radius 3 is 2.44 bits per heavy atom. The van der Waals surface area contributed by atoms with Gasteiger partial charge < -0.3 is 31.1 Å². The third kappa shape index (κ3) is 9.60. The van der Waals surface area contributed by atoms with Crippen molar-refractivity contribution >= 4 is 35.4 Å². The first-order valence-electron chi connectivity index (χ1n) is 14.8. The first-order valence-corrected chi connectivity index (χ1v) is 15.2. The van der Waals surface area contributed by atoms with Crippen molar-refractivity contribution in [3.63, 3.8) is 0 Å². The Kier molecular flexibility index (Phi) is 10.5. The number of aliphatic hydroxyl groups excluding tert-OH is 1. The first kappa shape index (κ1) is 31.1. The largest absolute Gasteiger partial charge is 0.445 e. The summed E-state index contributed by atoms with van der Waals surface area (Å²) in [6.45, 7) is 3.81. The molecule has 11 heteroatoms. The monoisotopic (exact) mass is 590 g/mol. The molecule has 1 aromatic rings. The molecule has 0 bridgehead atoms. The number of rotatable bonds is 12. The fourth-order valence-corrected chi connectivity index (χ4v) is 6.10. The Morgan fingerprint density at radius 2 is 1.80 bits per heavy atom. The van der Waals surface area contributed by atoms with Gasteiger partial charge in [0, 0.05) is 22.5 Å². The average Bonchev–Trinajstić information content (AvgIpc) is 3.69. The summed E-state index contributed by atoms with van der Waals surface area (Å²) in [5.41, 5.74) is 0.290. The van der Waals surface area contributed by atoms with Crippen LogP contribution in [0.25, 0.3) is 0 Å². The normalized spacial score (nSPS) is 22.6. The number of hydrogen-bond acceptors (Lipinski definition) is 6. The van der Waals surface area contributed by atoms with Crippen molar-refractivity contribution in [1.29, 1.82) is 0 Å². The molecule has 41 heavy (non-hydrogen) atoms. The Hall–Kier alpha value is -2.85. The Balaban J connectivity index is 1.45. The van der Waals surface area contributed by atoms with E-state index in [0.29, 0.717) is 23.4 Å². The second-order valence-corrected chi connectivity index (χ2v) is 12.9. The molecule has 1 aliphatic heterocycles. The van der Waals surface area contributed by atoms with E-state index in [1.54, 1.807) is 24.3 Å². The van der Waals surface area contributed by atoms with E-state index in [1.165, 1.54) is 0 Å². The van der Waals surface area contributed by atoms with Crippen LogP contribution in [-0.2, 0) is 25.7 Å². The lowest BCUT2D eigenvalue weighted by Gasteiger charge is -2.30. The minimum Gasteiger partial charge on any atom is -0.445 e. The SMILES string of the molecule is CC1(C)CC(CC(NC(=O)C(CC2CCCCC2)NC(=O)OCc2cccc(Cl)c2)C(O)C(=O)NC2CC2)C(=O)N1. The molecule has 0 aromatic heterocycles. The molecule has 226 valence electrons.